The van der Waals surface area contributed by atoms with Crippen molar-refractivity contribution in [2.45, 2.75) is 52.5 Å². The third-order valence-corrected chi connectivity index (χ3v) is 4.20. The Morgan fingerprint density at radius 1 is 1.19 bits per heavy atom. The molecule has 1 saturated carbocycles. The van der Waals surface area contributed by atoms with Crippen LogP contribution >= 0.6 is 0 Å². The standard InChI is InChI=1S/C14H26N6O/c1-4-8-21-14-18-12(17-13(19-14)20-15)16-11-7-5-6-9(2)10(11)3/h9-11H,4-8,15H2,1-3H3,(H2,16,17,18,19,20). The summed E-state index contributed by atoms with van der Waals surface area (Å²) in [6, 6.07) is 0.680. The van der Waals surface area contributed by atoms with Crippen molar-refractivity contribution < 1.29 is 4.74 Å². The highest BCUT2D eigenvalue weighted by atomic mass is 16.5. The maximum Gasteiger partial charge on any atom is 0.323 e. The summed E-state index contributed by atoms with van der Waals surface area (Å²) in [6.07, 6.45) is 4.55. The quantitative estimate of drug-likeness (QED) is 0.546. The molecule has 1 aromatic heterocycles. The van der Waals surface area contributed by atoms with Crippen LogP contribution in [0, 0.1) is 11.8 Å². The number of hydrogen-bond acceptors (Lipinski definition) is 7. The minimum Gasteiger partial charge on any atom is -0.463 e. The second-order valence-electron chi connectivity index (χ2n) is 5.78. The van der Waals surface area contributed by atoms with Crippen LogP contribution in [0.15, 0.2) is 0 Å². The lowest BCUT2D eigenvalue weighted by Crippen LogP contribution is -2.35. The number of nitrogen functional groups attached to an aromatic ring is 1. The van der Waals surface area contributed by atoms with Crippen LogP contribution in [0.3, 0.4) is 0 Å². The summed E-state index contributed by atoms with van der Waals surface area (Å²) in [5.74, 6) is 7.55. The molecule has 1 fully saturated rings. The van der Waals surface area contributed by atoms with E-state index in [1.807, 2.05) is 6.92 Å². The van der Waals surface area contributed by atoms with Crippen LogP contribution in [-0.4, -0.2) is 27.6 Å². The molecule has 0 saturated heterocycles. The maximum atomic E-state index is 5.48. The van der Waals surface area contributed by atoms with E-state index in [1.165, 1.54) is 12.8 Å². The Morgan fingerprint density at radius 3 is 2.67 bits per heavy atom. The van der Waals surface area contributed by atoms with Gasteiger partial charge in [0.1, 0.15) is 0 Å². The first kappa shape index (κ1) is 15.8. The second-order valence-corrected chi connectivity index (χ2v) is 5.78. The SMILES string of the molecule is CCCOc1nc(NN)nc(NC2CCCC(C)C2C)n1. The molecule has 3 unspecified atom stereocenters. The number of hydrogen-bond donors (Lipinski definition) is 3. The number of rotatable bonds is 6. The number of hydrazine groups is 1. The third kappa shape index (κ3) is 4.17. The van der Waals surface area contributed by atoms with Gasteiger partial charge in [-0.25, -0.2) is 5.84 Å². The van der Waals surface area contributed by atoms with Crippen LogP contribution in [0.1, 0.15) is 46.5 Å². The number of nitrogens with zero attached hydrogens (tertiary/aromatic N) is 3. The van der Waals surface area contributed by atoms with E-state index in [-0.39, 0.29) is 0 Å². The number of anilines is 2. The lowest BCUT2D eigenvalue weighted by molar-refractivity contribution is 0.252. The van der Waals surface area contributed by atoms with Gasteiger partial charge in [-0.3, -0.25) is 5.43 Å². The summed E-state index contributed by atoms with van der Waals surface area (Å²) in [4.78, 5) is 12.7. The fourth-order valence-electron chi connectivity index (χ4n) is 2.70. The maximum absolute atomic E-state index is 5.48. The summed E-state index contributed by atoms with van der Waals surface area (Å²) >= 11 is 0. The van der Waals surface area contributed by atoms with Crippen molar-refractivity contribution >= 4 is 11.9 Å². The number of ether oxygens (including phenoxy) is 1. The van der Waals surface area contributed by atoms with E-state index in [9.17, 15) is 0 Å². The summed E-state index contributed by atoms with van der Waals surface area (Å²) < 4.78 is 5.48. The van der Waals surface area contributed by atoms with Gasteiger partial charge in [0.05, 0.1) is 6.61 Å². The Morgan fingerprint density at radius 2 is 1.95 bits per heavy atom. The van der Waals surface area contributed by atoms with Crippen molar-refractivity contribution in [3.05, 3.63) is 0 Å². The van der Waals surface area contributed by atoms with Crippen molar-refractivity contribution in [3.8, 4) is 6.01 Å². The molecule has 7 nitrogen and oxygen atoms in total. The normalized spacial score (nSPS) is 25.4. The van der Waals surface area contributed by atoms with Gasteiger partial charge in [0.25, 0.3) is 0 Å². The molecule has 1 heterocycles. The molecule has 4 N–H and O–H groups in total. The van der Waals surface area contributed by atoms with Crippen molar-refractivity contribution in [2.24, 2.45) is 17.7 Å². The minimum absolute atomic E-state index is 0.304. The Labute approximate surface area is 126 Å². The van der Waals surface area contributed by atoms with Gasteiger partial charge in [-0.2, -0.15) is 15.0 Å². The highest BCUT2D eigenvalue weighted by Crippen LogP contribution is 2.31. The lowest BCUT2D eigenvalue weighted by Gasteiger charge is -2.34. The molecule has 0 spiro atoms. The van der Waals surface area contributed by atoms with E-state index in [2.05, 4.69) is 39.5 Å². The molecule has 21 heavy (non-hydrogen) atoms. The van der Waals surface area contributed by atoms with Crippen molar-refractivity contribution in [3.63, 3.8) is 0 Å². The molecule has 1 aliphatic carbocycles. The van der Waals surface area contributed by atoms with Gasteiger partial charge in [-0.15, -0.1) is 0 Å². The molecule has 0 aromatic carbocycles. The first-order valence-corrected chi connectivity index (χ1v) is 7.76. The Bertz CT molecular complexity index is 455. The van der Waals surface area contributed by atoms with Crippen LogP contribution in [0.2, 0.25) is 0 Å². The highest BCUT2D eigenvalue weighted by Gasteiger charge is 2.27. The van der Waals surface area contributed by atoms with E-state index in [0.717, 1.165) is 12.8 Å². The van der Waals surface area contributed by atoms with Crippen molar-refractivity contribution in [2.75, 3.05) is 17.3 Å². The van der Waals surface area contributed by atoms with E-state index in [1.54, 1.807) is 0 Å². The van der Waals surface area contributed by atoms with Gasteiger partial charge in [-0.05, 0) is 24.7 Å². The molecule has 0 aliphatic heterocycles. The molecule has 1 aliphatic rings. The fraction of sp³-hybridized carbons (Fsp3) is 0.786. The van der Waals surface area contributed by atoms with E-state index in [4.69, 9.17) is 10.6 Å². The largest absolute Gasteiger partial charge is 0.463 e. The number of nitrogens with two attached hydrogens (primary N) is 1. The highest BCUT2D eigenvalue weighted by molar-refractivity contribution is 5.36. The van der Waals surface area contributed by atoms with Crippen molar-refractivity contribution in [1.82, 2.24) is 15.0 Å². The first-order chi connectivity index (χ1) is 10.1. The fourth-order valence-corrected chi connectivity index (χ4v) is 2.70. The van der Waals surface area contributed by atoms with Crippen LogP contribution < -0.4 is 21.3 Å². The van der Waals surface area contributed by atoms with Gasteiger partial charge in [0, 0.05) is 6.04 Å². The molecule has 0 radical (unpaired) electrons. The van der Waals surface area contributed by atoms with Gasteiger partial charge < -0.3 is 10.1 Å². The predicted molar refractivity (Wildman–Crippen MR) is 83.0 cm³/mol. The van der Waals surface area contributed by atoms with Crippen LogP contribution in [0.4, 0.5) is 11.9 Å². The second kappa shape index (κ2) is 7.40. The Kier molecular flexibility index (Phi) is 5.55. The molecular formula is C14H26N6O. The summed E-state index contributed by atoms with van der Waals surface area (Å²) in [6.45, 7) is 7.19. The third-order valence-electron chi connectivity index (χ3n) is 4.20. The molecule has 2 rings (SSSR count). The summed E-state index contributed by atoms with van der Waals surface area (Å²) in [7, 11) is 0. The molecule has 0 bridgehead atoms. The zero-order valence-electron chi connectivity index (χ0n) is 13.1. The van der Waals surface area contributed by atoms with Crippen LogP contribution in [-0.2, 0) is 0 Å². The van der Waals surface area contributed by atoms with E-state index >= 15 is 0 Å². The average molecular weight is 294 g/mol. The molecule has 7 heteroatoms. The van der Waals surface area contributed by atoms with Gasteiger partial charge in [-0.1, -0.05) is 33.6 Å². The lowest BCUT2D eigenvalue weighted by atomic mass is 9.78. The van der Waals surface area contributed by atoms with E-state index < -0.39 is 0 Å². The molecule has 0 amide bonds. The first-order valence-electron chi connectivity index (χ1n) is 7.76. The molecule has 1 aromatic rings. The Hall–Kier alpha value is -1.63. The predicted octanol–water partition coefficient (Wildman–Crippen LogP) is 2.18. The zero-order chi connectivity index (χ0) is 15.2. The average Bonchev–Trinajstić information content (AvgIpc) is 2.49. The van der Waals surface area contributed by atoms with Crippen LogP contribution in [0.25, 0.3) is 0 Å². The summed E-state index contributed by atoms with van der Waals surface area (Å²) in [5.41, 5.74) is 2.46. The monoisotopic (exact) mass is 294 g/mol. The minimum atomic E-state index is 0.304. The van der Waals surface area contributed by atoms with Crippen molar-refractivity contribution in [1.29, 1.82) is 0 Å². The molecule has 118 valence electrons. The number of aromatic nitrogens is 3. The Balaban J connectivity index is 2.10. The zero-order valence-corrected chi connectivity index (χ0v) is 13.1. The molecule has 3 atom stereocenters. The van der Waals surface area contributed by atoms with E-state index in [0.29, 0.717) is 42.4 Å². The number of nitrogens with one attached hydrogen (secondary N) is 2. The van der Waals surface area contributed by atoms with Gasteiger partial charge in [0.15, 0.2) is 0 Å². The molecular weight excluding hydrogens is 268 g/mol. The van der Waals surface area contributed by atoms with Gasteiger partial charge >= 0.3 is 6.01 Å². The van der Waals surface area contributed by atoms with Gasteiger partial charge in [0.2, 0.25) is 11.9 Å². The van der Waals surface area contributed by atoms with Crippen LogP contribution in [0.5, 0.6) is 6.01 Å². The smallest absolute Gasteiger partial charge is 0.323 e. The summed E-state index contributed by atoms with van der Waals surface area (Å²) in [5, 5.41) is 3.41. The topological polar surface area (TPSA) is 98.0 Å².